The van der Waals surface area contributed by atoms with Crippen LogP contribution in [-0.4, -0.2) is 73.5 Å². The van der Waals surface area contributed by atoms with E-state index in [0.717, 1.165) is 44.2 Å². The van der Waals surface area contributed by atoms with Crippen molar-refractivity contribution in [2.24, 2.45) is 5.92 Å². The van der Waals surface area contributed by atoms with Crippen molar-refractivity contribution < 1.29 is 4.79 Å². The lowest BCUT2D eigenvalue weighted by molar-refractivity contribution is -0.132. The number of likely N-dealkylation sites (N-methyl/N-ethyl adjacent to an activating group) is 1. The van der Waals surface area contributed by atoms with Gasteiger partial charge in [-0.25, -0.2) is 0 Å². The molecule has 1 aromatic carbocycles. The molecule has 0 saturated carbocycles. The number of carbonyl (C=O) groups excluding carboxylic acids is 1. The minimum absolute atomic E-state index is 0.287. The average molecular weight is 392 g/mol. The Hall–Kier alpha value is -1.10. The van der Waals surface area contributed by atoms with E-state index in [1.54, 1.807) is 0 Å². The number of hydrogen-bond acceptors (Lipinski definition) is 3. The van der Waals surface area contributed by atoms with Crippen molar-refractivity contribution in [3.63, 3.8) is 0 Å². The second kappa shape index (κ2) is 10.4. The first-order valence-electron chi connectivity index (χ1n) is 10.5. The van der Waals surface area contributed by atoms with E-state index in [1.165, 1.54) is 44.2 Å². The molecule has 0 aliphatic carbocycles. The summed E-state index contributed by atoms with van der Waals surface area (Å²) in [5.41, 5.74) is 1.34. The topological polar surface area (TPSA) is 26.8 Å². The summed E-state index contributed by atoms with van der Waals surface area (Å²) in [6.45, 7) is 7.03. The molecule has 2 aliphatic rings. The smallest absolute Gasteiger partial charge is 0.236 e. The number of benzene rings is 1. The van der Waals surface area contributed by atoms with E-state index in [1.807, 2.05) is 24.1 Å². The van der Waals surface area contributed by atoms with Gasteiger partial charge in [0.25, 0.3) is 0 Å². The normalized spacial score (nSPS) is 21.9. The standard InChI is InChI=1S/C22H34ClN3O/c1-24(22(27)18-25-12-3-2-4-13-25)16-20-6-5-14-26(17-20)15-11-19-7-9-21(23)10-8-19/h7-10,20H,2-6,11-18H2,1H3/t20-/m0/s1. The minimum Gasteiger partial charge on any atom is -0.344 e. The third kappa shape index (κ3) is 6.78. The molecule has 5 heteroatoms. The highest BCUT2D eigenvalue weighted by molar-refractivity contribution is 6.30. The van der Waals surface area contributed by atoms with Crippen LogP contribution in [0, 0.1) is 5.92 Å². The van der Waals surface area contributed by atoms with Gasteiger partial charge in [-0.15, -0.1) is 0 Å². The zero-order chi connectivity index (χ0) is 19.1. The molecule has 3 rings (SSSR count). The van der Waals surface area contributed by atoms with Crippen LogP contribution in [-0.2, 0) is 11.2 Å². The largest absolute Gasteiger partial charge is 0.344 e. The maximum Gasteiger partial charge on any atom is 0.236 e. The van der Waals surface area contributed by atoms with Crippen LogP contribution in [0.25, 0.3) is 0 Å². The van der Waals surface area contributed by atoms with Crippen molar-refractivity contribution >= 4 is 17.5 Å². The molecule has 1 aromatic rings. The maximum absolute atomic E-state index is 12.6. The molecular formula is C22H34ClN3O. The van der Waals surface area contributed by atoms with Crippen LogP contribution in [0.5, 0.6) is 0 Å². The van der Waals surface area contributed by atoms with E-state index >= 15 is 0 Å². The molecule has 0 spiro atoms. The fourth-order valence-electron chi connectivity index (χ4n) is 4.36. The molecule has 1 atom stereocenters. The summed E-state index contributed by atoms with van der Waals surface area (Å²) in [7, 11) is 1.99. The Balaban J connectivity index is 1.40. The quantitative estimate of drug-likeness (QED) is 0.711. The predicted octanol–water partition coefficient (Wildman–Crippen LogP) is 3.54. The number of nitrogens with zero attached hydrogens (tertiary/aromatic N) is 3. The van der Waals surface area contributed by atoms with Gasteiger partial charge in [0.15, 0.2) is 0 Å². The number of piperidine rings is 2. The van der Waals surface area contributed by atoms with E-state index in [0.29, 0.717) is 12.5 Å². The van der Waals surface area contributed by atoms with Crippen LogP contribution in [0.4, 0.5) is 0 Å². The first-order valence-corrected chi connectivity index (χ1v) is 10.9. The molecule has 2 aliphatic heterocycles. The van der Waals surface area contributed by atoms with E-state index in [2.05, 4.69) is 21.9 Å². The Labute approximate surface area is 169 Å². The summed E-state index contributed by atoms with van der Waals surface area (Å²) >= 11 is 5.97. The van der Waals surface area contributed by atoms with Gasteiger partial charge in [0, 0.05) is 31.7 Å². The van der Waals surface area contributed by atoms with Crippen LogP contribution in [0.1, 0.15) is 37.7 Å². The van der Waals surface area contributed by atoms with Crippen molar-refractivity contribution in [2.75, 3.05) is 52.9 Å². The van der Waals surface area contributed by atoms with Gasteiger partial charge in [0.05, 0.1) is 6.54 Å². The lowest BCUT2D eigenvalue weighted by atomic mass is 9.97. The van der Waals surface area contributed by atoms with E-state index in [9.17, 15) is 4.79 Å². The molecule has 0 N–H and O–H groups in total. The molecule has 0 unspecified atom stereocenters. The zero-order valence-corrected chi connectivity index (χ0v) is 17.5. The van der Waals surface area contributed by atoms with Gasteiger partial charge in [0.2, 0.25) is 5.91 Å². The summed E-state index contributed by atoms with van der Waals surface area (Å²) in [6.07, 6.45) is 7.32. The van der Waals surface area contributed by atoms with Gasteiger partial charge >= 0.3 is 0 Å². The lowest BCUT2D eigenvalue weighted by Gasteiger charge is -2.35. The summed E-state index contributed by atoms with van der Waals surface area (Å²) in [5.74, 6) is 0.884. The highest BCUT2D eigenvalue weighted by Gasteiger charge is 2.23. The van der Waals surface area contributed by atoms with Gasteiger partial charge in [-0.2, -0.15) is 0 Å². The third-order valence-electron chi connectivity index (χ3n) is 6.00. The summed E-state index contributed by atoms with van der Waals surface area (Å²) in [6, 6.07) is 8.19. The molecular weight excluding hydrogens is 358 g/mol. The van der Waals surface area contributed by atoms with E-state index in [4.69, 9.17) is 11.6 Å². The SMILES string of the molecule is CN(C[C@@H]1CCCN(CCc2ccc(Cl)cc2)C1)C(=O)CN1CCCCC1. The van der Waals surface area contributed by atoms with Crippen molar-refractivity contribution in [3.8, 4) is 0 Å². The van der Waals surface area contributed by atoms with Crippen LogP contribution < -0.4 is 0 Å². The van der Waals surface area contributed by atoms with Gasteiger partial charge in [-0.3, -0.25) is 9.69 Å². The highest BCUT2D eigenvalue weighted by atomic mass is 35.5. The number of amides is 1. The Morgan fingerprint density at radius 3 is 2.52 bits per heavy atom. The second-order valence-electron chi connectivity index (χ2n) is 8.30. The molecule has 0 aromatic heterocycles. The summed E-state index contributed by atoms with van der Waals surface area (Å²) in [5, 5.41) is 0.800. The summed E-state index contributed by atoms with van der Waals surface area (Å²) < 4.78 is 0. The third-order valence-corrected chi connectivity index (χ3v) is 6.25. The fourth-order valence-corrected chi connectivity index (χ4v) is 4.49. The number of likely N-dealkylation sites (tertiary alicyclic amines) is 2. The summed E-state index contributed by atoms with van der Waals surface area (Å²) in [4.78, 5) is 19.4. The molecule has 0 radical (unpaired) electrons. The number of halogens is 1. The van der Waals surface area contributed by atoms with Crippen molar-refractivity contribution in [1.29, 1.82) is 0 Å². The van der Waals surface area contributed by atoms with Crippen LogP contribution >= 0.6 is 11.6 Å². The first kappa shape index (κ1) is 20.6. The minimum atomic E-state index is 0.287. The first-order chi connectivity index (χ1) is 13.1. The number of rotatable bonds is 7. The molecule has 2 heterocycles. The monoisotopic (exact) mass is 391 g/mol. The van der Waals surface area contributed by atoms with Crippen molar-refractivity contribution in [1.82, 2.24) is 14.7 Å². The zero-order valence-electron chi connectivity index (χ0n) is 16.7. The molecule has 2 saturated heterocycles. The maximum atomic E-state index is 12.6. The molecule has 0 bridgehead atoms. The predicted molar refractivity (Wildman–Crippen MR) is 112 cm³/mol. The number of hydrogen-bond donors (Lipinski definition) is 0. The lowest BCUT2D eigenvalue weighted by Crippen LogP contribution is -2.45. The van der Waals surface area contributed by atoms with Crippen LogP contribution in [0.2, 0.25) is 5.02 Å². The fraction of sp³-hybridized carbons (Fsp3) is 0.682. The van der Waals surface area contributed by atoms with Gasteiger partial charge in [-0.1, -0.05) is 30.2 Å². The van der Waals surface area contributed by atoms with Crippen LogP contribution in [0.15, 0.2) is 24.3 Å². The molecule has 4 nitrogen and oxygen atoms in total. The Bertz CT molecular complexity index is 586. The van der Waals surface area contributed by atoms with E-state index in [-0.39, 0.29) is 5.91 Å². The highest BCUT2D eigenvalue weighted by Crippen LogP contribution is 2.19. The second-order valence-corrected chi connectivity index (χ2v) is 8.73. The van der Waals surface area contributed by atoms with Gasteiger partial charge in [0.1, 0.15) is 0 Å². The Kier molecular flexibility index (Phi) is 7.98. The van der Waals surface area contributed by atoms with Crippen LogP contribution in [0.3, 0.4) is 0 Å². The Morgan fingerprint density at radius 1 is 1.07 bits per heavy atom. The molecule has 2 fully saturated rings. The van der Waals surface area contributed by atoms with E-state index < -0.39 is 0 Å². The Morgan fingerprint density at radius 2 is 1.78 bits per heavy atom. The van der Waals surface area contributed by atoms with Gasteiger partial charge in [-0.05, 0) is 75.4 Å². The van der Waals surface area contributed by atoms with Gasteiger partial charge < -0.3 is 9.80 Å². The molecule has 1 amide bonds. The average Bonchev–Trinajstić information content (AvgIpc) is 2.68. The van der Waals surface area contributed by atoms with Crippen molar-refractivity contribution in [2.45, 2.75) is 38.5 Å². The van der Waals surface area contributed by atoms with Crippen molar-refractivity contribution in [3.05, 3.63) is 34.9 Å². The molecule has 27 heavy (non-hydrogen) atoms. The molecule has 150 valence electrons. The number of carbonyl (C=O) groups is 1.